The number of benzene rings is 2. The van der Waals surface area contributed by atoms with E-state index >= 15 is 0 Å². The Balaban J connectivity index is 2.19. The number of ether oxygens (including phenoxy) is 2. The van der Waals surface area contributed by atoms with Gasteiger partial charge >= 0.3 is 11.9 Å². The Bertz CT molecular complexity index is 1120. The lowest BCUT2D eigenvalue weighted by molar-refractivity contribution is -0.144. The summed E-state index contributed by atoms with van der Waals surface area (Å²) in [4.78, 5) is 35.0. The zero-order valence-electron chi connectivity index (χ0n) is 15.6. The number of carboxylic acid groups (broad SMARTS) is 2. The molecular formula is C21H18O8. The Labute approximate surface area is 164 Å². The van der Waals surface area contributed by atoms with E-state index in [2.05, 4.69) is 0 Å². The van der Waals surface area contributed by atoms with Gasteiger partial charge in [-0.3, -0.25) is 4.79 Å². The van der Waals surface area contributed by atoms with Gasteiger partial charge in [0.25, 0.3) is 0 Å². The highest BCUT2D eigenvalue weighted by Crippen LogP contribution is 2.33. The smallest absolute Gasteiger partial charge is 0.344 e. The van der Waals surface area contributed by atoms with Crippen molar-refractivity contribution < 1.29 is 33.7 Å². The number of carbonyl (C=O) groups is 2. The molecule has 1 aromatic heterocycles. The molecule has 0 aliphatic rings. The van der Waals surface area contributed by atoms with E-state index in [0.29, 0.717) is 11.3 Å². The molecule has 0 unspecified atom stereocenters. The third-order valence-electron chi connectivity index (χ3n) is 4.14. The molecule has 0 bridgehead atoms. The molecule has 2 aromatic carbocycles. The minimum atomic E-state index is -1.25. The monoisotopic (exact) mass is 398 g/mol. The number of hydrogen-bond donors (Lipinski definition) is 2. The maximum absolute atomic E-state index is 12.8. The average Bonchev–Trinajstić information content (AvgIpc) is 2.67. The second kappa shape index (κ2) is 8.05. The predicted molar refractivity (Wildman–Crippen MR) is 103 cm³/mol. The Hall–Kier alpha value is -3.81. The minimum Gasteiger partial charge on any atom is -0.479 e. The Kier molecular flexibility index (Phi) is 5.54. The van der Waals surface area contributed by atoms with E-state index in [1.165, 1.54) is 32.0 Å². The highest BCUT2D eigenvalue weighted by atomic mass is 16.5. The number of rotatable bonds is 7. The van der Waals surface area contributed by atoms with E-state index in [1.54, 1.807) is 24.3 Å². The normalized spacial score (nSPS) is 12.9. The van der Waals surface area contributed by atoms with Crippen LogP contribution >= 0.6 is 0 Å². The highest BCUT2D eigenvalue weighted by Gasteiger charge is 2.21. The number of hydrogen-bond acceptors (Lipinski definition) is 6. The molecule has 3 rings (SSSR count). The third kappa shape index (κ3) is 4.37. The van der Waals surface area contributed by atoms with Crippen LogP contribution in [0.2, 0.25) is 0 Å². The van der Waals surface area contributed by atoms with Gasteiger partial charge in [-0.1, -0.05) is 30.3 Å². The molecule has 0 fully saturated rings. The molecule has 0 aliphatic heterocycles. The van der Waals surface area contributed by atoms with E-state index in [-0.39, 0.29) is 22.5 Å². The summed E-state index contributed by atoms with van der Waals surface area (Å²) < 4.78 is 16.6. The van der Waals surface area contributed by atoms with Gasteiger partial charge in [-0.25, -0.2) is 9.59 Å². The van der Waals surface area contributed by atoms with Crippen molar-refractivity contribution in [2.24, 2.45) is 0 Å². The first kappa shape index (κ1) is 19.9. The standard InChI is InChI=1S/C21H18O8/c1-11(20(23)24)27-14-8-17(28-12(2)21(25)26)19-15(22)10-16(29-18(19)9-14)13-6-4-3-5-7-13/h3-12H,1-2H3,(H,23,24)(H,25,26)/t11-,12-/m0/s1. The first-order valence-corrected chi connectivity index (χ1v) is 8.72. The summed E-state index contributed by atoms with van der Waals surface area (Å²) in [5.41, 5.74) is 0.313. The number of fused-ring (bicyclic) bond motifs is 1. The molecule has 1 heterocycles. The molecule has 8 heteroatoms. The lowest BCUT2D eigenvalue weighted by Crippen LogP contribution is -2.24. The lowest BCUT2D eigenvalue weighted by Gasteiger charge is -2.16. The minimum absolute atomic E-state index is 0.0353. The molecule has 0 saturated heterocycles. The fourth-order valence-electron chi connectivity index (χ4n) is 2.63. The van der Waals surface area contributed by atoms with E-state index in [4.69, 9.17) is 24.1 Å². The molecule has 2 N–H and O–H groups in total. The van der Waals surface area contributed by atoms with E-state index < -0.39 is 29.6 Å². The van der Waals surface area contributed by atoms with Crippen LogP contribution < -0.4 is 14.9 Å². The van der Waals surface area contributed by atoms with E-state index in [0.717, 1.165) is 0 Å². The summed E-state index contributed by atoms with van der Waals surface area (Å²) >= 11 is 0. The van der Waals surface area contributed by atoms with Crippen LogP contribution in [0.25, 0.3) is 22.3 Å². The fourth-order valence-corrected chi connectivity index (χ4v) is 2.63. The van der Waals surface area contributed by atoms with Crippen LogP contribution in [0.4, 0.5) is 0 Å². The van der Waals surface area contributed by atoms with Crippen LogP contribution in [-0.2, 0) is 9.59 Å². The van der Waals surface area contributed by atoms with Crippen molar-refractivity contribution in [3.63, 3.8) is 0 Å². The molecule has 29 heavy (non-hydrogen) atoms. The highest BCUT2D eigenvalue weighted by molar-refractivity contribution is 5.87. The molecule has 2 atom stereocenters. The molecule has 150 valence electrons. The van der Waals surface area contributed by atoms with Gasteiger partial charge < -0.3 is 24.1 Å². The van der Waals surface area contributed by atoms with Crippen molar-refractivity contribution in [2.45, 2.75) is 26.1 Å². The number of aliphatic carboxylic acids is 2. The first-order chi connectivity index (χ1) is 13.8. The lowest BCUT2D eigenvalue weighted by atomic mass is 10.1. The molecule has 0 aliphatic carbocycles. The van der Waals surface area contributed by atoms with Crippen LogP contribution in [0.15, 0.2) is 57.7 Å². The average molecular weight is 398 g/mol. The first-order valence-electron chi connectivity index (χ1n) is 8.72. The zero-order chi connectivity index (χ0) is 21.1. The molecule has 0 spiro atoms. The molecule has 0 saturated carbocycles. The zero-order valence-corrected chi connectivity index (χ0v) is 15.6. The van der Waals surface area contributed by atoms with Crippen molar-refractivity contribution in [1.82, 2.24) is 0 Å². The van der Waals surface area contributed by atoms with Crippen molar-refractivity contribution in [2.75, 3.05) is 0 Å². The summed E-state index contributed by atoms with van der Waals surface area (Å²) in [6, 6.07) is 12.9. The van der Waals surface area contributed by atoms with E-state index in [1.807, 2.05) is 6.07 Å². The largest absolute Gasteiger partial charge is 0.479 e. The van der Waals surface area contributed by atoms with Crippen molar-refractivity contribution >= 4 is 22.9 Å². The topological polar surface area (TPSA) is 123 Å². The SMILES string of the molecule is C[C@H](Oc1cc(O[C@@H](C)C(=O)O)c2c(=O)cc(-c3ccccc3)oc2c1)C(=O)O. The van der Waals surface area contributed by atoms with Gasteiger partial charge in [-0.15, -0.1) is 0 Å². The summed E-state index contributed by atoms with van der Waals surface area (Å²) in [6.45, 7) is 2.64. The van der Waals surface area contributed by atoms with Gasteiger partial charge in [-0.2, -0.15) is 0 Å². The summed E-state index contributed by atoms with van der Waals surface area (Å²) in [7, 11) is 0. The second-order valence-electron chi connectivity index (χ2n) is 6.33. The van der Waals surface area contributed by atoms with Crippen molar-refractivity contribution in [3.8, 4) is 22.8 Å². The van der Waals surface area contributed by atoms with Crippen LogP contribution in [0.3, 0.4) is 0 Å². The van der Waals surface area contributed by atoms with Gasteiger partial charge in [0.15, 0.2) is 17.6 Å². The maximum atomic E-state index is 12.8. The number of carboxylic acids is 2. The van der Waals surface area contributed by atoms with Crippen LogP contribution in [-0.4, -0.2) is 34.4 Å². The van der Waals surface area contributed by atoms with E-state index in [9.17, 15) is 14.4 Å². The third-order valence-corrected chi connectivity index (χ3v) is 4.14. The Morgan fingerprint density at radius 2 is 1.55 bits per heavy atom. The summed E-state index contributed by atoms with van der Waals surface area (Å²) in [6.07, 6.45) is -2.43. The second-order valence-corrected chi connectivity index (χ2v) is 6.33. The molecule has 3 aromatic rings. The van der Waals surface area contributed by atoms with Crippen LogP contribution in [0.1, 0.15) is 13.8 Å². The predicted octanol–water partition coefficient (Wildman–Crippen LogP) is 3.16. The fraction of sp³-hybridized carbons (Fsp3) is 0.190. The van der Waals surface area contributed by atoms with Crippen LogP contribution in [0.5, 0.6) is 11.5 Å². The van der Waals surface area contributed by atoms with Gasteiger partial charge in [0, 0.05) is 23.8 Å². The van der Waals surface area contributed by atoms with Gasteiger partial charge in [0.05, 0.1) is 0 Å². The molecule has 8 nitrogen and oxygen atoms in total. The molecule has 0 radical (unpaired) electrons. The van der Waals surface area contributed by atoms with Crippen molar-refractivity contribution in [1.29, 1.82) is 0 Å². The molecular weight excluding hydrogens is 380 g/mol. The Morgan fingerprint density at radius 1 is 0.931 bits per heavy atom. The quantitative estimate of drug-likeness (QED) is 0.622. The van der Waals surface area contributed by atoms with Crippen LogP contribution in [0, 0.1) is 0 Å². The Morgan fingerprint density at radius 3 is 2.17 bits per heavy atom. The molecule has 0 amide bonds. The summed E-state index contributed by atoms with van der Waals surface area (Å²) in [5.74, 6) is -2.13. The van der Waals surface area contributed by atoms with Gasteiger partial charge in [-0.05, 0) is 13.8 Å². The maximum Gasteiger partial charge on any atom is 0.344 e. The summed E-state index contributed by atoms with van der Waals surface area (Å²) in [5, 5.41) is 18.2. The van der Waals surface area contributed by atoms with Gasteiger partial charge in [0.2, 0.25) is 0 Å². The van der Waals surface area contributed by atoms with Crippen molar-refractivity contribution in [3.05, 3.63) is 58.8 Å². The van der Waals surface area contributed by atoms with Gasteiger partial charge in [0.1, 0.15) is 28.2 Å².